The van der Waals surface area contributed by atoms with Gasteiger partial charge in [-0.1, -0.05) is 103 Å². The lowest BCUT2D eigenvalue weighted by atomic mass is 9.99. The number of hydrogen-bond acceptors (Lipinski definition) is 2. The van der Waals surface area contributed by atoms with Crippen molar-refractivity contribution in [1.82, 2.24) is 4.57 Å². The van der Waals surface area contributed by atoms with Crippen LogP contribution in [0, 0.1) is 0 Å². The van der Waals surface area contributed by atoms with E-state index in [-0.39, 0.29) is 0 Å². The highest BCUT2D eigenvalue weighted by atomic mass is 16.3. The minimum absolute atomic E-state index is 0.882. The summed E-state index contributed by atoms with van der Waals surface area (Å²) in [7, 11) is 0. The number of fused-ring (bicyclic) bond motifs is 6. The lowest BCUT2D eigenvalue weighted by Gasteiger charge is -2.26. The predicted molar refractivity (Wildman–Crippen MR) is 215 cm³/mol. The molecule has 0 atom stereocenters. The van der Waals surface area contributed by atoms with Crippen LogP contribution in [-0.2, 0) is 0 Å². The van der Waals surface area contributed by atoms with E-state index in [0.717, 1.165) is 51.8 Å². The first-order valence-corrected chi connectivity index (χ1v) is 17.7. The Bertz CT molecular complexity index is 2780. The number of benzene rings is 7. The van der Waals surface area contributed by atoms with Gasteiger partial charge in [-0.2, -0.15) is 0 Å². The molecule has 0 fully saturated rings. The maximum Gasteiger partial charge on any atom is 0.137 e. The van der Waals surface area contributed by atoms with Crippen molar-refractivity contribution in [3.63, 3.8) is 0 Å². The van der Waals surface area contributed by atoms with Gasteiger partial charge in [0, 0.05) is 50.4 Å². The van der Waals surface area contributed by atoms with E-state index in [9.17, 15) is 0 Å². The molecule has 1 aliphatic rings. The molecule has 0 saturated heterocycles. The summed E-state index contributed by atoms with van der Waals surface area (Å²) in [4.78, 5) is 2.32. The van der Waals surface area contributed by atoms with Gasteiger partial charge in [0.15, 0.2) is 0 Å². The van der Waals surface area contributed by atoms with Crippen LogP contribution in [0.25, 0.3) is 66.1 Å². The Hall–Kier alpha value is -6.58. The van der Waals surface area contributed by atoms with Gasteiger partial charge in [0.05, 0.1) is 11.0 Å². The first-order chi connectivity index (χ1) is 25.3. The smallest absolute Gasteiger partial charge is 0.137 e. The van der Waals surface area contributed by atoms with Crippen LogP contribution in [0.5, 0.6) is 0 Å². The van der Waals surface area contributed by atoms with Crippen molar-refractivity contribution in [2.45, 2.75) is 12.8 Å². The first kappa shape index (κ1) is 29.3. The Labute approximate surface area is 296 Å². The van der Waals surface area contributed by atoms with Crippen molar-refractivity contribution in [3.05, 3.63) is 188 Å². The Morgan fingerprint density at radius 3 is 1.88 bits per heavy atom. The zero-order valence-corrected chi connectivity index (χ0v) is 28.0. The molecule has 3 nitrogen and oxygen atoms in total. The van der Waals surface area contributed by atoms with Gasteiger partial charge in [-0.15, -0.1) is 0 Å². The summed E-state index contributed by atoms with van der Waals surface area (Å²) < 4.78 is 8.70. The fourth-order valence-corrected chi connectivity index (χ4v) is 7.74. The van der Waals surface area contributed by atoms with E-state index in [1.807, 2.05) is 12.1 Å². The summed E-state index contributed by atoms with van der Waals surface area (Å²) in [5.74, 6) is 0. The van der Waals surface area contributed by atoms with Gasteiger partial charge in [-0.3, -0.25) is 0 Å². The van der Waals surface area contributed by atoms with E-state index in [2.05, 4.69) is 179 Å². The number of aromatic nitrogens is 1. The summed E-state index contributed by atoms with van der Waals surface area (Å²) in [5.41, 5.74) is 13.5. The third-order valence-electron chi connectivity index (χ3n) is 10.2. The quantitative estimate of drug-likeness (QED) is 0.178. The molecule has 0 amide bonds. The van der Waals surface area contributed by atoms with Gasteiger partial charge in [0.1, 0.15) is 11.2 Å². The molecular weight excluding hydrogens is 621 g/mol. The van der Waals surface area contributed by atoms with Gasteiger partial charge in [-0.05, 0) is 108 Å². The summed E-state index contributed by atoms with van der Waals surface area (Å²) in [6.07, 6.45) is 9.03. The van der Waals surface area contributed by atoms with Crippen LogP contribution in [0.15, 0.2) is 186 Å². The highest BCUT2D eigenvalue weighted by molar-refractivity contribution is 6.10. The second-order valence-electron chi connectivity index (χ2n) is 13.3. The molecule has 0 spiro atoms. The van der Waals surface area contributed by atoms with Crippen molar-refractivity contribution in [2.75, 3.05) is 4.90 Å². The zero-order valence-electron chi connectivity index (χ0n) is 28.0. The molecular formula is C48H34N2O. The summed E-state index contributed by atoms with van der Waals surface area (Å²) in [5, 5.41) is 4.77. The molecule has 0 unspecified atom stereocenters. The monoisotopic (exact) mass is 654 g/mol. The van der Waals surface area contributed by atoms with Crippen LogP contribution in [0.2, 0.25) is 0 Å². The lowest BCUT2D eigenvalue weighted by molar-refractivity contribution is 0.669. The lowest BCUT2D eigenvalue weighted by Crippen LogP contribution is -2.09. The molecule has 2 aromatic heterocycles. The van der Waals surface area contributed by atoms with Crippen molar-refractivity contribution in [1.29, 1.82) is 0 Å². The summed E-state index contributed by atoms with van der Waals surface area (Å²) >= 11 is 0. The Kier molecular flexibility index (Phi) is 6.95. The van der Waals surface area contributed by atoms with Crippen LogP contribution in [0.3, 0.4) is 0 Å². The number of para-hydroxylation sites is 3. The van der Waals surface area contributed by atoms with Crippen LogP contribution >= 0.6 is 0 Å². The minimum Gasteiger partial charge on any atom is -0.456 e. The molecule has 9 aromatic rings. The van der Waals surface area contributed by atoms with Crippen LogP contribution in [0.4, 0.5) is 17.1 Å². The average molecular weight is 655 g/mol. The van der Waals surface area contributed by atoms with E-state index in [4.69, 9.17) is 4.42 Å². The molecule has 3 heteroatoms. The SMILES string of the molecule is C1=CC(c2ccc(N(c3ccc(-c4ccc5c(c4)c4ccccc4n5-c4ccccc4)cc3)c3ccc4c(c3)oc3ccccc34)cc2)=CCC1. The molecule has 1 aliphatic carbocycles. The molecule has 7 aromatic carbocycles. The highest BCUT2D eigenvalue weighted by Gasteiger charge is 2.17. The van der Waals surface area contributed by atoms with Crippen molar-refractivity contribution < 1.29 is 4.42 Å². The van der Waals surface area contributed by atoms with E-state index in [1.54, 1.807) is 0 Å². The molecule has 0 aliphatic heterocycles. The maximum atomic E-state index is 6.34. The molecule has 0 saturated carbocycles. The first-order valence-electron chi connectivity index (χ1n) is 17.7. The Morgan fingerprint density at radius 1 is 0.451 bits per heavy atom. The summed E-state index contributed by atoms with van der Waals surface area (Å²) in [6, 6.07) is 58.8. The van der Waals surface area contributed by atoms with Crippen molar-refractivity contribution in [3.8, 4) is 16.8 Å². The molecule has 242 valence electrons. The third kappa shape index (κ3) is 5.05. The molecule has 10 rings (SSSR count). The molecule has 0 N–H and O–H groups in total. The van der Waals surface area contributed by atoms with Gasteiger partial charge in [-0.25, -0.2) is 0 Å². The topological polar surface area (TPSA) is 21.3 Å². The summed E-state index contributed by atoms with van der Waals surface area (Å²) in [6.45, 7) is 0. The van der Waals surface area contributed by atoms with Crippen LogP contribution < -0.4 is 4.90 Å². The number of nitrogens with zero attached hydrogens (tertiary/aromatic N) is 2. The second kappa shape index (κ2) is 12.1. The van der Waals surface area contributed by atoms with Crippen LogP contribution in [-0.4, -0.2) is 4.57 Å². The van der Waals surface area contributed by atoms with Gasteiger partial charge in [0.2, 0.25) is 0 Å². The molecule has 51 heavy (non-hydrogen) atoms. The minimum atomic E-state index is 0.882. The van der Waals surface area contributed by atoms with E-state index < -0.39 is 0 Å². The van der Waals surface area contributed by atoms with E-state index in [1.165, 1.54) is 49.8 Å². The average Bonchev–Trinajstić information content (AvgIpc) is 3.74. The van der Waals surface area contributed by atoms with Crippen molar-refractivity contribution >= 4 is 66.4 Å². The largest absolute Gasteiger partial charge is 0.456 e. The van der Waals surface area contributed by atoms with E-state index in [0.29, 0.717) is 0 Å². The molecule has 2 heterocycles. The predicted octanol–water partition coefficient (Wildman–Crippen LogP) is 13.6. The number of rotatable bonds is 6. The van der Waals surface area contributed by atoms with Crippen LogP contribution in [0.1, 0.15) is 18.4 Å². The van der Waals surface area contributed by atoms with E-state index >= 15 is 0 Å². The normalized spacial score (nSPS) is 13.0. The van der Waals surface area contributed by atoms with Crippen molar-refractivity contribution in [2.24, 2.45) is 0 Å². The Morgan fingerprint density at radius 2 is 1.10 bits per heavy atom. The Balaban J connectivity index is 1.06. The fraction of sp³-hybridized carbons (Fsp3) is 0.0417. The maximum absolute atomic E-state index is 6.34. The number of furan rings is 1. The highest BCUT2D eigenvalue weighted by Crippen LogP contribution is 2.40. The van der Waals surface area contributed by atoms with Gasteiger partial charge < -0.3 is 13.9 Å². The number of anilines is 3. The van der Waals surface area contributed by atoms with Gasteiger partial charge in [0.25, 0.3) is 0 Å². The fourth-order valence-electron chi connectivity index (χ4n) is 7.74. The van der Waals surface area contributed by atoms with Gasteiger partial charge >= 0.3 is 0 Å². The third-order valence-corrected chi connectivity index (χ3v) is 10.2. The molecule has 0 radical (unpaired) electrons. The number of allylic oxidation sites excluding steroid dienone is 4. The standard InChI is InChI=1S/C48H34N2O/c1-3-11-33(12-4-1)34-19-24-38(25-20-34)49(40-28-29-43-42-16-8-10-18-47(42)51-48(43)32-40)39-26-21-35(22-27-39)36-23-30-46-44(31-36)41-15-7-9-17-45(41)50(46)37-13-5-2-6-14-37/h2-3,5-32H,1,4H2. The zero-order chi connectivity index (χ0) is 33.7. The second-order valence-corrected chi connectivity index (χ2v) is 13.3. The number of hydrogen-bond donors (Lipinski definition) is 0. The molecule has 0 bridgehead atoms.